The summed E-state index contributed by atoms with van der Waals surface area (Å²) in [5.74, 6) is 0.389. The molecule has 0 radical (unpaired) electrons. The van der Waals surface area contributed by atoms with Crippen molar-refractivity contribution in [2.75, 3.05) is 36.8 Å². The number of nitrogens with zero attached hydrogens (tertiary/aromatic N) is 1. The van der Waals surface area contributed by atoms with Crippen molar-refractivity contribution in [3.63, 3.8) is 0 Å². The third kappa shape index (κ3) is 6.04. The molecule has 1 aliphatic carbocycles. The molecule has 2 atom stereocenters. The Morgan fingerprint density at radius 1 is 0.893 bits per heavy atom. The molecule has 4 N–H and O–H groups in total. The minimum atomic E-state index is 0.0159. The number of nitrogens with one attached hydrogen (secondary N) is 2. The van der Waals surface area contributed by atoms with Gasteiger partial charge in [0, 0.05) is 17.3 Å². The second-order valence-corrected chi connectivity index (χ2v) is 8.19. The minimum Gasteiger partial charge on any atom is -0.330 e. The summed E-state index contributed by atoms with van der Waals surface area (Å²) >= 11 is 0. The van der Waals surface area contributed by atoms with Crippen LogP contribution in [0.25, 0.3) is 0 Å². The van der Waals surface area contributed by atoms with Crippen LogP contribution >= 0.6 is 0 Å². The van der Waals surface area contributed by atoms with Crippen LogP contribution in [0, 0.1) is 11.8 Å². The fourth-order valence-electron chi connectivity index (χ4n) is 4.41. The highest BCUT2D eigenvalue weighted by Gasteiger charge is 2.31. The predicted molar refractivity (Wildman–Crippen MR) is 113 cm³/mol. The zero-order chi connectivity index (χ0) is 19.8. The minimum absolute atomic E-state index is 0.0159. The van der Waals surface area contributed by atoms with Gasteiger partial charge >= 0.3 is 0 Å². The van der Waals surface area contributed by atoms with Gasteiger partial charge in [0.25, 0.3) is 0 Å². The SMILES string of the molecule is NC[C@H]1CCC[C@H]1C(=O)Nc1ccc(NC(=O)CN2CCCCCCC2)cc1. The number of nitrogens with two attached hydrogens (primary N) is 1. The molecule has 1 saturated carbocycles. The zero-order valence-electron chi connectivity index (χ0n) is 16.8. The molecule has 1 saturated heterocycles. The van der Waals surface area contributed by atoms with Crippen LogP contribution in [-0.4, -0.2) is 42.9 Å². The zero-order valence-corrected chi connectivity index (χ0v) is 16.8. The average molecular weight is 387 g/mol. The molecule has 154 valence electrons. The van der Waals surface area contributed by atoms with E-state index >= 15 is 0 Å². The van der Waals surface area contributed by atoms with Crippen molar-refractivity contribution >= 4 is 23.2 Å². The Balaban J connectivity index is 1.47. The second-order valence-electron chi connectivity index (χ2n) is 8.19. The number of amides is 2. The molecule has 1 aliphatic heterocycles. The molecule has 1 heterocycles. The molecule has 1 aromatic rings. The van der Waals surface area contributed by atoms with E-state index in [0.29, 0.717) is 19.0 Å². The highest BCUT2D eigenvalue weighted by atomic mass is 16.2. The third-order valence-electron chi connectivity index (χ3n) is 6.05. The largest absolute Gasteiger partial charge is 0.330 e. The van der Waals surface area contributed by atoms with Crippen molar-refractivity contribution < 1.29 is 9.59 Å². The monoisotopic (exact) mass is 386 g/mol. The molecule has 6 nitrogen and oxygen atoms in total. The summed E-state index contributed by atoms with van der Waals surface area (Å²) in [6, 6.07) is 7.37. The Morgan fingerprint density at radius 3 is 2.14 bits per heavy atom. The van der Waals surface area contributed by atoms with Gasteiger partial charge in [0.15, 0.2) is 0 Å². The van der Waals surface area contributed by atoms with Crippen molar-refractivity contribution in [1.82, 2.24) is 4.90 Å². The Morgan fingerprint density at radius 2 is 1.50 bits per heavy atom. The van der Waals surface area contributed by atoms with E-state index in [0.717, 1.165) is 43.7 Å². The molecule has 0 spiro atoms. The number of hydrogen-bond donors (Lipinski definition) is 3. The highest BCUT2D eigenvalue weighted by molar-refractivity contribution is 5.94. The van der Waals surface area contributed by atoms with Gasteiger partial charge in [-0.2, -0.15) is 0 Å². The van der Waals surface area contributed by atoms with Gasteiger partial charge in [-0.05, 0) is 75.5 Å². The number of anilines is 2. The first-order valence-corrected chi connectivity index (χ1v) is 10.8. The fraction of sp³-hybridized carbons (Fsp3) is 0.636. The molecule has 3 rings (SSSR count). The van der Waals surface area contributed by atoms with Gasteiger partial charge in [-0.3, -0.25) is 14.5 Å². The van der Waals surface area contributed by atoms with Crippen molar-refractivity contribution in [2.24, 2.45) is 17.6 Å². The number of benzene rings is 1. The average Bonchev–Trinajstić information content (AvgIpc) is 3.14. The van der Waals surface area contributed by atoms with E-state index in [1.54, 1.807) is 0 Å². The standard InChI is InChI=1S/C22H34N4O2/c23-15-17-7-6-8-20(17)22(28)25-19-11-9-18(10-12-19)24-21(27)16-26-13-4-2-1-3-5-14-26/h9-12,17,20H,1-8,13-16,23H2,(H,24,27)(H,25,28)/t17-,20-/m1/s1. The van der Waals surface area contributed by atoms with E-state index in [2.05, 4.69) is 15.5 Å². The molecular weight excluding hydrogens is 352 g/mol. The molecule has 2 fully saturated rings. The molecule has 0 unspecified atom stereocenters. The third-order valence-corrected chi connectivity index (χ3v) is 6.05. The summed E-state index contributed by atoms with van der Waals surface area (Å²) in [6.07, 6.45) is 9.21. The summed E-state index contributed by atoms with van der Waals surface area (Å²) in [6.45, 7) is 3.02. The topological polar surface area (TPSA) is 87.5 Å². The molecular formula is C22H34N4O2. The molecule has 28 heavy (non-hydrogen) atoms. The van der Waals surface area contributed by atoms with Crippen LogP contribution in [0.15, 0.2) is 24.3 Å². The number of carbonyl (C=O) groups excluding carboxylic acids is 2. The van der Waals surface area contributed by atoms with Gasteiger partial charge in [-0.25, -0.2) is 0 Å². The normalized spacial score (nSPS) is 23.6. The van der Waals surface area contributed by atoms with Crippen LogP contribution in [0.5, 0.6) is 0 Å². The first-order valence-electron chi connectivity index (χ1n) is 10.8. The Hall–Kier alpha value is -1.92. The van der Waals surface area contributed by atoms with Gasteiger partial charge in [-0.15, -0.1) is 0 Å². The summed E-state index contributed by atoms with van der Waals surface area (Å²) in [5, 5.41) is 5.96. The van der Waals surface area contributed by atoms with Crippen molar-refractivity contribution in [3.05, 3.63) is 24.3 Å². The lowest BCUT2D eigenvalue weighted by Gasteiger charge is -2.23. The highest BCUT2D eigenvalue weighted by Crippen LogP contribution is 2.32. The molecule has 1 aromatic carbocycles. The maximum absolute atomic E-state index is 12.5. The van der Waals surface area contributed by atoms with Gasteiger partial charge in [-0.1, -0.05) is 25.7 Å². The lowest BCUT2D eigenvalue weighted by molar-refractivity contribution is -0.121. The molecule has 0 bridgehead atoms. The van der Waals surface area contributed by atoms with Crippen molar-refractivity contribution in [2.45, 2.75) is 51.4 Å². The van der Waals surface area contributed by atoms with Crippen LogP contribution in [0.3, 0.4) is 0 Å². The quantitative estimate of drug-likeness (QED) is 0.701. The Kier molecular flexibility index (Phi) is 7.86. The summed E-state index contributed by atoms with van der Waals surface area (Å²) in [7, 11) is 0. The van der Waals surface area contributed by atoms with Gasteiger partial charge in [0.05, 0.1) is 6.54 Å². The molecule has 0 aromatic heterocycles. The van der Waals surface area contributed by atoms with E-state index in [1.165, 1.54) is 32.1 Å². The number of carbonyl (C=O) groups is 2. The van der Waals surface area contributed by atoms with Gasteiger partial charge in [0.1, 0.15) is 0 Å². The van der Waals surface area contributed by atoms with Gasteiger partial charge in [0.2, 0.25) is 11.8 Å². The second kappa shape index (κ2) is 10.6. The summed E-state index contributed by atoms with van der Waals surface area (Å²) < 4.78 is 0. The summed E-state index contributed by atoms with van der Waals surface area (Å²) in [4.78, 5) is 27.1. The molecule has 2 aliphatic rings. The first kappa shape index (κ1) is 20.8. The van der Waals surface area contributed by atoms with E-state index in [4.69, 9.17) is 5.73 Å². The van der Waals surface area contributed by atoms with E-state index in [9.17, 15) is 9.59 Å². The predicted octanol–water partition coefficient (Wildman–Crippen LogP) is 3.20. The van der Waals surface area contributed by atoms with Crippen LogP contribution in [0.4, 0.5) is 11.4 Å². The fourth-order valence-corrected chi connectivity index (χ4v) is 4.41. The lowest BCUT2D eigenvalue weighted by atomic mass is 9.95. The molecule has 6 heteroatoms. The Bertz CT molecular complexity index is 638. The lowest BCUT2D eigenvalue weighted by Crippen LogP contribution is -2.35. The first-order chi connectivity index (χ1) is 13.7. The van der Waals surface area contributed by atoms with E-state index in [-0.39, 0.29) is 17.7 Å². The van der Waals surface area contributed by atoms with Crippen LogP contribution in [0.1, 0.15) is 51.4 Å². The maximum atomic E-state index is 12.5. The smallest absolute Gasteiger partial charge is 0.238 e. The van der Waals surface area contributed by atoms with Crippen LogP contribution < -0.4 is 16.4 Å². The Labute approximate surface area is 168 Å². The van der Waals surface area contributed by atoms with Crippen molar-refractivity contribution in [3.8, 4) is 0 Å². The maximum Gasteiger partial charge on any atom is 0.238 e. The van der Waals surface area contributed by atoms with Crippen molar-refractivity contribution in [1.29, 1.82) is 0 Å². The van der Waals surface area contributed by atoms with Crippen LogP contribution in [0.2, 0.25) is 0 Å². The number of likely N-dealkylation sites (tertiary alicyclic amines) is 1. The van der Waals surface area contributed by atoms with E-state index in [1.807, 2.05) is 24.3 Å². The molecule has 2 amide bonds. The number of hydrogen-bond acceptors (Lipinski definition) is 4. The van der Waals surface area contributed by atoms with E-state index < -0.39 is 0 Å². The van der Waals surface area contributed by atoms with Crippen LogP contribution in [-0.2, 0) is 9.59 Å². The van der Waals surface area contributed by atoms with Gasteiger partial charge < -0.3 is 16.4 Å². The number of rotatable bonds is 6. The summed E-state index contributed by atoms with van der Waals surface area (Å²) in [5.41, 5.74) is 7.30.